The lowest BCUT2D eigenvalue weighted by atomic mass is 9.45. The first-order valence-electron chi connectivity index (χ1n) is 10.9. The van der Waals surface area contributed by atoms with E-state index in [-0.39, 0.29) is 16.7 Å². The summed E-state index contributed by atoms with van der Waals surface area (Å²) < 4.78 is 0. The molecule has 8 atom stereocenters. The molecule has 2 N–H and O–H groups in total. The lowest BCUT2D eigenvalue weighted by Gasteiger charge is -2.60. The maximum absolute atomic E-state index is 11.7. The monoisotopic (exact) mass is 374 g/mol. The predicted octanol–water partition coefficient (Wildman–Crippen LogP) is 4.99. The number of carboxylic acids is 2. The fraction of sp³-hybridized carbons (Fsp3) is 0.826. The summed E-state index contributed by atoms with van der Waals surface area (Å²) in [4.78, 5) is 23.1. The van der Waals surface area contributed by atoms with Crippen LogP contribution in [0.3, 0.4) is 0 Å². The summed E-state index contributed by atoms with van der Waals surface area (Å²) in [5.41, 5.74) is 1.01. The topological polar surface area (TPSA) is 74.6 Å². The maximum Gasteiger partial charge on any atom is 0.331 e. The highest BCUT2D eigenvalue weighted by Crippen LogP contribution is 2.67. The van der Waals surface area contributed by atoms with Crippen LogP contribution in [0.4, 0.5) is 0 Å². The van der Waals surface area contributed by atoms with Crippen LogP contribution in [-0.2, 0) is 9.59 Å². The van der Waals surface area contributed by atoms with Crippen molar-refractivity contribution in [3.63, 3.8) is 0 Å². The third kappa shape index (κ3) is 2.69. The van der Waals surface area contributed by atoms with E-state index in [1.54, 1.807) is 0 Å². The molecule has 0 aromatic carbocycles. The van der Waals surface area contributed by atoms with Gasteiger partial charge in [-0.05, 0) is 91.8 Å². The van der Waals surface area contributed by atoms with Gasteiger partial charge in [-0.3, -0.25) is 4.79 Å². The molecule has 4 heteroatoms. The Balaban J connectivity index is 1.60. The quantitative estimate of drug-likeness (QED) is 0.730. The van der Waals surface area contributed by atoms with Gasteiger partial charge in [-0.1, -0.05) is 26.8 Å². The van der Waals surface area contributed by atoms with Crippen molar-refractivity contribution in [2.24, 2.45) is 46.3 Å². The van der Waals surface area contributed by atoms with E-state index in [1.807, 2.05) is 6.92 Å². The molecule has 0 amide bonds. The zero-order chi connectivity index (χ0) is 19.6. The van der Waals surface area contributed by atoms with Gasteiger partial charge in [-0.15, -0.1) is 0 Å². The second kappa shape index (κ2) is 6.35. The molecule has 0 aromatic rings. The molecule has 0 aliphatic heterocycles. The summed E-state index contributed by atoms with van der Waals surface area (Å²) in [6, 6.07) is 0. The van der Waals surface area contributed by atoms with Gasteiger partial charge in [0.1, 0.15) is 0 Å². The summed E-state index contributed by atoms with van der Waals surface area (Å²) in [7, 11) is 0. The van der Waals surface area contributed by atoms with Crippen LogP contribution < -0.4 is 0 Å². The summed E-state index contributed by atoms with van der Waals surface area (Å²) in [6.45, 7) is 6.70. The Morgan fingerprint density at radius 2 is 1.70 bits per heavy atom. The van der Waals surface area contributed by atoms with Crippen molar-refractivity contribution in [2.75, 3.05) is 0 Å². The van der Waals surface area contributed by atoms with Crippen molar-refractivity contribution in [2.45, 2.75) is 72.1 Å². The number of hydrogen-bond donors (Lipinski definition) is 2. The van der Waals surface area contributed by atoms with E-state index < -0.39 is 11.9 Å². The molecule has 4 aliphatic rings. The molecule has 4 rings (SSSR count). The molecule has 27 heavy (non-hydrogen) atoms. The average molecular weight is 375 g/mol. The van der Waals surface area contributed by atoms with Crippen LogP contribution in [0.25, 0.3) is 0 Å². The highest BCUT2D eigenvalue weighted by atomic mass is 16.4. The summed E-state index contributed by atoms with van der Waals surface area (Å²) in [6.07, 6.45) is 10.6. The van der Waals surface area contributed by atoms with Gasteiger partial charge in [0.25, 0.3) is 0 Å². The number of carbonyl (C=O) groups is 2. The van der Waals surface area contributed by atoms with Crippen LogP contribution in [0, 0.1) is 46.3 Å². The van der Waals surface area contributed by atoms with E-state index in [0.29, 0.717) is 41.6 Å². The van der Waals surface area contributed by atoms with Gasteiger partial charge in [-0.2, -0.15) is 0 Å². The van der Waals surface area contributed by atoms with Crippen molar-refractivity contribution < 1.29 is 19.8 Å². The van der Waals surface area contributed by atoms with E-state index in [9.17, 15) is 19.8 Å². The SMILES string of the molecule is C[C@@H](C(=O)O)[C@H]1CC[C@H]2[C@@H]3CC[C@H]4C=C(C(=O)O)CC[C@]4(C)[C@H]3CC[C@]12C. The largest absolute Gasteiger partial charge is 0.481 e. The number of allylic oxidation sites excluding steroid dienone is 1. The van der Waals surface area contributed by atoms with E-state index in [4.69, 9.17) is 0 Å². The minimum absolute atomic E-state index is 0.166. The number of hydrogen-bond acceptors (Lipinski definition) is 2. The molecule has 0 radical (unpaired) electrons. The van der Waals surface area contributed by atoms with E-state index >= 15 is 0 Å². The normalized spacial score (nSPS) is 47.2. The van der Waals surface area contributed by atoms with Crippen LogP contribution in [0.1, 0.15) is 72.1 Å². The van der Waals surface area contributed by atoms with Crippen LogP contribution in [0.15, 0.2) is 11.6 Å². The van der Waals surface area contributed by atoms with E-state index in [2.05, 4.69) is 19.9 Å². The standard InChI is InChI=1S/C23H34O4/c1-13(20(24)25)17-6-7-18-16-5-4-15-12-14(21(26)27)8-10-22(15,2)19(16)9-11-23(17,18)3/h12-13,15-19H,4-11H2,1-3H3,(H,24,25)(H,26,27)/t13-,15+,16+,17-,18+,19+,22+,23-/m1/s1. The smallest absolute Gasteiger partial charge is 0.331 e. The Morgan fingerprint density at radius 3 is 2.37 bits per heavy atom. The van der Waals surface area contributed by atoms with Crippen molar-refractivity contribution >= 4 is 11.9 Å². The van der Waals surface area contributed by atoms with Crippen LogP contribution in [0.5, 0.6) is 0 Å². The Bertz CT molecular complexity index is 682. The molecule has 4 nitrogen and oxygen atoms in total. The van der Waals surface area contributed by atoms with Gasteiger partial charge in [-0.25, -0.2) is 4.79 Å². The third-order valence-electron chi connectivity index (χ3n) is 9.62. The van der Waals surface area contributed by atoms with Crippen LogP contribution in [0.2, 0.25) is 0 Å². The Labute approximate surface area is 162 Å². The minimum Gasteiger partial charge on any atom is -0.481 e. The number of fused-ring (bicyclic) bond motifs is 5. The molecule has 0 bridgehead atoms. The van der Waals surface area contributed by atoms with E-state index in [1.165, 1.54) is 19.3 Å². The molecule has 0 heterocycles. The van der Waals surface area contributed by atoms with Crippen LogP contribution in [-0.4, -0.2) is 22.2 Å². The molecule has 4 aliphatic carbocycles. The van der Waals surface area contributed by atoms with Crippen molar-refractivity contribution in [1.29, 1.82) is 0 Å². The minimum atomic E-state index is -0.739. The van der Waals surface area contributed by atoms with Gasteiger partial charge >= 0.3 is 11.9 Å². The highest BCUT2D eigenvalue weighted by Gasteiger charge is 2.60. The molecule has 0 spiro atoms. The zero-order valence-corrected chi connectivity index (χ0v) is 16.9. The fourth-order valence-electron chi connectivity index (χ4n) is 8.07. The summed E-state index contributed by atoms with van der Waals surface area (Å²) >= 11 is 0. The second-order valence-corrected chi connectivity index (χ2v) is 10.4. The van der Waals surface area contributed by atoms with E-state index in [0.717, 1.165) is 25.7 Å². The molecular weight excluding hydrogens is 340 g/mol. The predicted molar refractivity (Wildman–Crippen MR) is 103 cm³/mol. The van der Waals surface area contributed by atoms with Gasteiger partial charge in [0.05, 0.1) is 5.92 Å². The molecular formula is C23H34O4. The number of aliphatic carboxylic acids is 2. The number of carboxylic acid groups (broad SMARTS) is 2. The first-order chi connectivity index (χ1) is 12.7. The molecule has 3 fully saturated rings. The van der Waals surface area contributed by atoms with Gasteiger partial charge in [0.15, 0.2) is 0 Å². The first-order valence-corrected chi connectivity index (χ1v) is 10.9. The molecule has 0 unspecified atom stereocenters. The van der Waals surface area contributed by atoms with Gasteiger partial charge < -0.3 is 10.2 Å². The lowest BCUT2D eigenvalue weighted by molar-refractivity contribution is -0.147. The van der Waals surface area contributed by atoms with Gasteiger partial charge in [0.2, 0.25) is 0 Å². The molecule has 150 valence electrons. The second-order valence-electron chi connectivity index (χ2n) is 10.4. The molecule has 0 saturated heterocycles. The Morgan fingerprint density at radius 1 is 1.00 bits per heavy atom. The molecule has 3 saturated carbocycles. The first kappa shape index (κ1) is 19.0. The summed E-state index contributed by atoms with van der Waals surface area (Å²) in [5, 5.41) is 19.0. The molecule has 0 aromatic heterocycles. The van der Waals surface area contributed by atoms with Crippen molar-refractivity contribution in [1.82, 2.24) is 0 Å². The van der Waals surface area contributed by atoms with Crippen molar-refractivity contribution in [3.8, 4) is 0 Å². The van der Waals surface area contributed by atoms with Crippen molar-refractivity contribution in [3.05, 3.63) is 11.6 Å². The average Bonchev–Trinajstić information content (AvgIpc) is 2.97. The Hall–Kier alpha value is -1.32. The summed E-state index contributed by atoms with van der Waals surface area (Å²) in [5.74, 6) is 1.07. The zero-order valence-electron chi connectivity index (χ0n) is 16.9. The number of rotatable bonds is 3. The Kier molecular flexibility index (Phi) is 4.47. The highest BCUT2D eigenvalue weighted by molar-refractivity contribution is 5.86. The maximum atomic E-state index is 11.7. The van der Waals surface area contributed by atoms with Gasteiger partial charge in [0, 0.05) is 5.57 Å². The fourth-order valence-corrected chi connectivity index (χ4v) is 8.07. The van der Waals surface area contributed by atoms with Crippen LogP contribution >= 0.6 is 0 Å². The third-order valence-corrected chi connectivity index (χ3v) is 9.62. The lowest BCUT2D eigenvalue weighted by Crippen LogP contribution is -2.53.